The minimum absolute atomic E-state index is 0.234. The second-order valence-electron chi connectivity index (χ2n) is 6.92. The first-order valence-corrected chi connectivity index (χ1v) is 9.43. The van der Waals surface area contributed by atoms with Crippen LogP contribution in [0.2, 0.25) is 0 Å². The molecule has 5 aromatic rings. The molecule has 0 radical (unpaired) electrons. The number of hydrogen-bond acceptors (Lipinski definition) is 5. The summed E-state index contributed by atoms with van der Waals surface area (Å²) >= 11 is 0. The third-order valence-electron chi connectivity index (χ3n) is 4.65. The molecule has 5 rings (SSSR count). The van der Waals surface area contributed by atoms with Crippen LogP contribution in [0.1, 0.15) is 16.1 Å². The predicted octanol–water partition coefficient (Wildman–Crippen LogP) is 3.94. The zero-order valence-corrected chi connectivity index (χ0v) is 16.3. The maximum atomic E-state index is 12.7. The maximum absolute atomic E-state index is 12.7. The van der Waals surface area contributed by atoms with E-state index in [1.165, 1.54) is 6.20 Å². The SMILES string of the molecule is Cc1ccc2[nH]c(C(=O)Nc3nc4c(OC(=O)Nc5ncc[nH]5)cccc4[nH]3)cc2c1. The molecule has 3 aromatic heterocycles. The van der Waals surface area contributed by atoms with E-state index in [0.29, 0.717) is 16.7 Å². The minimum Gasteiger partial charge on any atom is -0.408 e. The Balaban J connectivity index is 1.36. The summed E-state index contributed by atoms with van der Waals surface area (Å²) in [6, 6.07) is 12.8. The molecule has 10 heteroatoms. The van der Waals surface area contributed by atoms with Crippen LogP contribution in [0.3, 0.4) is 0 Å². The van der Waals surface area contributed by atoms with Gasteiger partial charge in [0.1, 0.15) is 11.2 Å². The molecule has 2 amide bonds. The maximum Gasteiger partial charge on any atom is 0.419 e. The number of ether oxygens (including phenoxy) is 1. The van der Waals surface area contributed by atoms with Gasteiger partial charge >= 0.3 is 6.09 Å². The number of nitrogens with zero attached hydrogens (tertiary/aromatic N) is 2. The van der Waals surface area contributed by atoms with E-state index >= 15 is 0 Å². The first-order valence-electron chi connectivity index (χ1n) is 9.43. The van der Waals surface area contributed by atoms with Crippen LogP contribution in [0.25, 0.3) is 21.9 Å². The first kappa shape index (κ1) is 18.4. The lowest BCUT2D eigenvalue weighted by Gasteiger charge is -2.04. The summed E-state index contributed by atoms with van der Waals surface area (Å²) in [4.78, 5) is 41.9. The molecule has 5 N–H and O–H groups in total. The fourth-order valence-electron chi connectivity index (χ4n) is 3.25. The molecule has 0 aliphatic heterocycles. The molecule has 0 spiro atoms. The molecule has 0 aliphatic rings. The highest BCUT2D eigenvalue weighted by Crippen LogP contribution is 2.26. The molecule has 0 atom stereocenters. The number of carbonyl (C=O) groups excluding carboxylic acids is 2. The fraction of sp³-hybridized carbons (Fsp3) is 0.0476. The van der Waals surface area contributed by atoms with E-state index in [2.05, 4.69) is 35.6 Å². The van der Waals surface area contributed by atoms with E-state index in [-0.39, 0.29) is 23.6 Å². The van der Waals surface area contributed by atoms with E-state index in [4.69, 9.17) is 4.74 Å². The summed E-state index contributed by atoms with van der Waals surface area (Å²) in [5.74, 6) is 0.392. The van der Waals surface area contributed by atoms with Crippen molar-refractivity contribution in [3.63, 3.8) is 0 Å². The third-order valence-corrected chi connectivity index (χ3v) is 4.65. The van der Waals surface area contributed by atoms with Gasteiger partial charge in [-0.05, 0) is 37.3 Å². The second-order valence-corrected chi connectivity index (χ2v) is 6.92. The molecule has 0 saturated carbocycles. The first-order chi connectivity index (χ1) is 15.0. The molecular weight excluding hydrogens is 398 g/mol. The number of nitrogens with one attached hydrogen (secondary N) is 5. The smallest absolute Gasteiger partial charge is 0.408 e. The quantitative estimate of drug-likeness (QED) is 0.302. The number of aromatic amines is 3. The van der Waals surface area contributed by atoms with Crippen LogP contribution in [-0.2, 0) is 0 Å². The Hall–Kier alpha value is -4.60. The normalized spacial score (nSPS) is 11.0. The van der Waals surface area contributed by atoms with Crippen LogP contribution in [0.4, 0.5) is 16.7 Å². The zero-order valence-electron chi connectivity index (χ0n) is 16.3. The molecular formula is C21H17N7O3. The summed E-state index contributed by atoms with van der Waals surface area (Å²) < 4.78 is 5.34. The van der Waals surface area contributed by atoms with Gasteiger partial charge in [-0.2, -0.15) is 0 Å². The van der Waals surface area contributed by atoms with Gasteiger partial charge in [0.15, 0.2) is 5.75 Å². The monoisotopic (exact) mass is 415 g/mol. The number of rotatable bonds is 4. The Bertz CT molecular complexity index is 1420. The number of benzene rings is 2. The molecule has 0 unspecified atom stereocenters. The number of aromatic nitrogens is 5. The van der Waals surface area contributed by atoms with E-state index < -0.39 is 6.09 Å². The summed E-state index contributed by atoms with van der Waals surface area (Å²) in [5.41, 5.74) is 3.40. The molecule has 10 nitrogen and oxygen atoms in total. The van der Waals surface area contributed by atoms with Gasteiger partial charge in [-0.15, -0.1) is 0 Å². The van der Waals surface area contributed by atoms with Crippen molar-refractivity contribution in [1.29, 1.82) is 0 Å². The summed E-state index contributed by atoms with van der Waals surface area (Å²) in [6.45, 7) is 2.00. The van der Waals surface area contributed by atoms with Crippen LogP contribution in [0, 0.1) is 6.92 Å². The van der Waals surface area contributed by atoms with Crippen LogP contribution in [0.5, 0.6) is 5.75 Å². The lowest BCUT2D eigenvalue weighted by molar-refractivity contribution is 0.102. The topological polar surface area (TPSA) is 141 Å². The Kier molecular flexibility index (Phi) is 4.36. The van der Waals surface area contributed by atoms with Gasteiger partial charge in [-0.3, -0.25) is 15.4 Å². The molecule has 0 aliphatic carbocycles. The summed E-state index contributed by atoms with van der Waals surface area (Å²) in [7, 11) is 0. The van der Waals surface area contributed by atoms with Crippen molar-refractivity contribution in [3.05, 3.63) is 66.1 Å². The van der Waals surface area contributed by atoms with Crippen molar-refractivity contribution < 1.29 is 14.3 Å². The molecule has 154 valence electrons. The Labute approximate surface area is 175 Å². The van der Waals surface area contributed by atoms with Crippen molar-refractivity contribution in [2.45, 2.75) is 6.92 Å². The van der Waals surface area contributed by atoms with Crippen LogP contribution in [0.15, 0.2) is 54.9 Å². The van der Waals surface area contributed by atoms with Gasteiger partial charge in [-0.1, -0.05) is 17.7 Å². The number of fused-ring (bicyclic) bond motifs is 2. The van der Waals surface area contributed by atoms with Gasteiger partial charge < -0.3 is 19.7 Å². The van der Waals surface area contributed by atoms with Gasteiger partial charge in [0.05, 0.1) is 5.52 Å². The number of hydrogen-bond donors (Lipinski definition) is 5. The zero-order chi connectivity index (χ0) is 21.4. The van der Waals surface area contributed by atoms with Crippen LogP contribution >= 0.6 is 0 Å². The number of H-pyrrole nitrogens is 3. The lowest BCUT2D eigenvalue weighted by atomic mass is 10.2. The van der Waals surface area contributed by atoms with Crippen LogP contribution in [-0.4, -0.2) is 36.9 Å². The molecule has 31 heavy (non-hydrogen) atoms. The molecule has 3 heterocycles. The summed E-state index contributed by atoms with van der Waals surface area (Å²) in [6.07, 6.45) is 2.37. The van der Waals surface area contributed by atoms with E-state index in [9.17, 15) is 9.59 Å². The predicted molar refractivity (Wildman–Crippen MR) is 115 cm³/mol. The Morgan fingerprint density at radius 3 is 2.74 bits per heavy atom. The average Bonchev–Trinajstić information content (AvgIpc) is 3.47. The van der Waals surface area contributed by atoms with Gasteiger partial charge in [-0.25, -0.2) is 14.8 Å². The van der Waals surface area contributed by atoms with Gasteiger partial charge in [0, 0.05) is 23.3 Å². The lowest BCUT2D eigenvalue weighted by Crippen LogP contribution is -2.17. The fourth-order valence-corrected chi connectivity index (χ4v) is 3.25. The van der Waals surface area contributed by atoms with Crippen LogP contribution < -0.4 is 15.4 Å². The number of amides is 2. The van der Waals surface area contributed by atoms with E-state index in [1.807, 2.05) is 25.1 Å². The number of imidazole rings is 2. The second kappa shape index (κ2) is 7.34. The largest absolute Gasteiger partial charge is 0.419 e. The number of carbonyl (C=O) groups is 2. The standard InChI is InChI=1S/C21H17N7O3/c1-11-5-6-13-12(9-11)10-15(24-13)18(29)27-20-25-14-3-2-4-16(17(14)26-20)31-21(30)28-19-22-7-8-23-19/h2-10,24H,1H3,(H2,22,23,28,30)(H2,25,26,27,29). The third kappa shape index (κ3) is 3.69. The molecule has 0 fully saturated rings. The highest BCUT2D eigenvalue weighted by molar-refractivity contribution is 6.06. The Morgan fingerprint density at radius 2 is 1.90 bits per heavy atom. The van der Waals surface area contributed by atoms with Crippen molar-refractivity contribution in [3.8, 4) is 5.75 Å². The number of anilines is 2. The highest BCUT2D eigenvalue weighted by atomic mass is 16.6. The number of aryl methyl sites for hydroxylation is 1. The van der Waals surface area contributed by atoms with Crippen molar-refractivity contribution in [2.24, 2.45) is 0 Å². The Morgan fingerprint density at radius 1 is 1.00 bits per heavy atom. The van der Waals surface area contributed by atoms with Gasteiger partial charge in [0.25, 0.3) is 5.91 Å². The minimum atomic E-state index is -0.718. The molecule has 2 aromatic carbocycles. The van der Waals surface area contributed by atoms with Gasteiger partial charge in [0.2, 0.25) is 11.9 Å². The highest BCUT2D eigenvalue weighted by Gasteiger charge is 2.16. The molecule has 0 bridgehead atoms. The van der Waals surface area contributed by atoms with Crippen molar-refractivity contribution in [2.75, 3.05) is 10.6 Å². The van der Waals surface area contributed by atoms with E-state index in [0.717, 1.165) is 16.5 Å². The van der Waals surface area contributed by atoms with Crippen molar-refractivity contribution >= 4 is 45.8 Å². The molecule has 0 saturated heterocycles. The van der Waals surface area contributed by atoms with E-state index in [1.54, 1.807) is 30.5 Å². The summed E-state index contributed by atoms with van der Waals surface area (Å²) in [5, 5.41) is 6.16. The number of para-hydroxylation sites is 1. The van der Waals surface area contributed by atoms with Crippen molar-refractivity contribution in [1.82, 2.24) is 24.9 Å². The average molecular weight is 415 g/mol.